The number of ketones is 1. The van der Waals surface area contributed by atoms with Gasteiger partial charge in [-0.3, -0.25) is 9.59 Å². The summed E-state index contributed by atoms with van der Waals surface area (Å²) in [6.45, 7) is 0. The second kappa shape index (κ2) is 8.63. The van der Waals surface area contributed by atoms with Crippen molar-refractivity contribution in [3.8, 4) is 5.75 Å². The Morgan fingerprint density at radius 1 is 0.815 bits per heavy atom. The lowest BCUT2D eigenvalue weighted by atomic mass is 10.1. The van der Waals surface area contributed by atoms with Crippen LogP contribution >= 0.6 is 0 Å². The molecular weight excluding hydrogens is 338 g/mol. The summed E-state index contributed by atoms with van der Waals surface area (Å²) in [5, 5.41) is 2.81. The highest BCUT2D eigenvalue weighted by molar-refractivity contribution is 6.07. The van der Waals surface area contributed by atoms with Gasteiger partial charge in [0.05, 0.1) is 7.11 Å². The summed E-state index contributed by atoms with van der Waals surface area (Å²) in [5.74, 6) is 0.479. The molecule has 27 heavy (non-hydrogen) atoms. The molecule has 134 valence electrons. The van der Waals surface area contributed by atoms with Gasteiger partial charge in [-0.2, -0.15) is 0 Å². The van der Waals surface area contributed by atoms with Crippen LogP contribution in [0.4, 0.5) is 5.69 Å². The molecule has 0 saturated carbocycles. The summed E-state index contributed by atoms with van der Waals surface area (Å²) in [5.41, 5.74) is 2.69. The highest BCUT2D eigenvalue weighted by Gasteiger charge is 2.06. The first-order valence-corrected chi connectivity index (χ1v) is 8.48. The lowest BCUT2D eigenvalue weighted by molar-refractivity contribution is 0.102. The van der Waals surface area contributed by atoms with Crippen LogP contribution < -0.4 is 10.1 Å². The molecule has 1 N–H and O–H groups in total. The monoisotopic (exact) mass is 357 g/mol. The molecule has 0 saturated heterocycles. The molecule has 3 aromatic carbocycles. The number of hydrogen-bond acceptors (Lipinski definition) is 3. The van der Waals surface area contributed by atoms with Gasteiger partial charge in [0, 0.05) is 16.8 Å². The largest absolute Gasteiger partial charge is 0.497 e. The Morgan fingerprint density at radius 2 is 1.48 bits per heavy atom. The van der Waals surface area contributed by atoms with E-state index in [1.165, 1.54) is 6.08 Å². The Balaban J connectivity index is 1.63. The lowest BCUT2D eigenvalue weighted by Crippen LogP contribution is -2.11. The lowest BCUT2D eigenvalue weighted by Gasteiger charge is -2.05. The molecule has 3 rings (SSSR count). The minimum Gasteiger partial charge on any atom is -0.497 e. The number of rotatable bonds is 6. The zero-order chi connectivity index (χ0) is 19.1. The number of anilines is 1. The van der Waals surface area contributed by atoms with Gasteiger partial charge in [-0.15, -0.1) is 0 Å². The van der Waals surface area contributed by atoms with Crippen LogP contribution in [-0.2, 0) is 0 Å². The molecule has 0 heterocycles. The fourth-order valence-corrected chi connectivity index (χ4v) is 2.49. The van der Waals surface area contributed by atoms with Crippen LogP contribution in [0.3, 0.4) is 0 Å². The van der Waals surface area contributed by atoms with E-state index in [-0.39, 0.29) is 11.7 Å². The zero-order valence-electron chi connectivity index (χ0n) is 14.9. The normalized spacial score (nSPS) is 10.6. The number of amides is 1. The molecule has 4 heteroatoms. The van der Waals surface area contributed by atoms with Gasteiger partial charge in [0.15, 0.2) is 5.78 Å². The molecule has 0 atom stereocenters. The SMILES string of the molecule is COc1ccc(C=CC(=O)c2ccc(NC(=O)c3ccccc3)cc2)cc1. The van der Waals surface area contributed by atoms with Gasteiger partial charge in [0.1, 0.15) is 5.75 Å². The van der Waals surface area contributed by atoms with Crippen molar-refractivity contribution in [3.63, 3.8) is 0 Å². The van der Waals surface area contributed by atoms with E-state index in [0.717, 1.165) is 11.3 Å². The average Bonchev–Trinajstić information content (AvgIpc) is 2.73. The van der Waals surface area contributed by atoms with Crippen molar-refractivity contribution in [2.24, 2.45) is 0 Å². The predicted molar refractivity (Wildman–Crippen MR) is 107 cm³/mol. The minimum absolute atomic E-state index is 0.105. The molecule has 1 amide bonds. The van der Waals surface area contributed by atoms with Gasteiger partial charge >= 0.3 is 0 Å². The average molecular weight is 357 g/mol. The van der Waals surface area contributed by atoms with E-state index in [2.05, 4.69) is 5.32 Å². The van der Waals surface area contributed by atoms with E-state index in [1.54, 1.807) is 49.6 Å². The number of carbonyl (C=O) groups is 2. The quantitative estimate of drug-likeness (QED) is 0.507. The number of hydrogen-bond donors (Lipinski definition) is 1. The predicted octanol–water partition coefficient (Wildman–Crippen LogP) is 4.84. The van der Waals surface area contributed by atoms with Crippen molar-refractivity contribution < 1.29 is 14.3 Å². The topological polar surface area (TPSA) is 55.4 Å². The third kappa shape index (κ3) is 4.92. The number of ether oxygens (including phenoxy) is 1. The molecule has 0 aromatic heterocycles. The molecule has 0 unspecified atom stereocenters. The van der Waals surface area contributed by atoms with Crippen molar-refractivity contribution in [2.75, 3.05) is 12.4 Å². The van der Waals surface area contributed by atoms with Crippen LogP contribution in [0, 0.1) is 0 Å². The number of allylic oxidation sites excluding steroid dienone is 1. The minimum atomic E-state index is -0.186. The first-order valence-electron chi connectivity index (χ1n) is 8.48. The summed E-state index contributed by atoms with van der Waals surface area (Å²) in [6, 6.07) is 23.2. The zero-order valence-corrected chi connectivity index (χ0v) is 14.9. The van der Waals surface area contributed by atoms with Crippen LogP contribution in [0.2, 0.25) is 0 Å². The first-order chi connectivity index (χ1) is 13.2. The van der Waals surface area contributed by atoms with E-state index in [0.29, 0.717) is 16.8 Å². The van der Waals surface area contributed by atoms with E-state index in [4.69, 9.17) is 4.74 Å². The van der Waals surface area contributed by atoms with Gasteiger partial charge in [-0.25, -0.2) is 0 Å². The highest BCUT2D eigenvalue weighted by atomic mass is 16.5. The van der Waals surface area contributed by atoms with Gasteiger partial charge in [0.2, 0.25) is 0 Å². The van der Waals surface area contributed by atoms with Crippen LogP contribution in [-0.4, -0.2) is 18.8 Å². The Labute approximate surface area is 158 Å². The van der Waals surface area contributed by atoms with E-state index < -0.39 is 0 Å². The Kier molecular flexibility index (Phi) is 5.80. The maximum Gasteiger partial charge on any atom is 0.255 e. The van der Waals surface area contributed by atoms with Gasteiger partial charge in [0.25, 0.3) is 5.91 Å². The molecule has 0 aliphatic carbocycles. The van der Waals surface area contributed by atoms with E-state index >= 15 is 0 Å². The van der Waals surface area contributed by atoms with Crippen molar-refractivity contribution in [3.05, 3.63) is 102 Å². The van der Waals surface area contributed by atoms with Crippen LogP contribution in [0.1, 0.15) is 26.3 Å². The molecular formula is C23H19NO3. The van der Waals surface area contributed by atoms with Gasteiger partial charge in [-0.05, 0) is 60.2 Å². The molecule has 0 fully saturated rings. The first kappa shape index (κ1) is 18.1. The maximum atomic E-state index is 12.3. The summed E-state index contributed by atoms with van der Waals surface area (Å²) >= 11 is 0. The Bertz CT molecular complexity index is 943. The Morgan fingerprint density at radius 3 is 2.11 bits per heavy atom. The fraction of sp³-hybridized carbons (Fsp3) is 0.0435. The summed E-state index contributed by atoms with van der Waals surface area (Å²) < 4.78 is 5.11. The van der Waals surface area contributed by atoms with Crippen LogP contribution in [0.15, 0.2) is 84.9 Å². The summed E-state index contributed by atoms with van der Waals surface area (Å²) in [4.78, 5) is 24.4. The Hall–Kier alpha value is -3.66. The molecule has 0 aliphatic heterocycles. The molecule has 0 bridgehead atoms. The van der Waals surface area contributed by atoms with Crippen LogP contribution in [0.25, 0.3) is 6.08 Å². The number of nitrogens with one attached hydrogen (secondary N) is 1. The van der Waals surface area contributed by atoms with Crippen molar-refractivity contribution in [1.29, 1.82) is 0 Å². The summed E-state index contributed by atoms with van der Waals surface area (Å²) in [6.07, 6.45) is 3.28. The number of benzene rings is 3. The molecule has 0 spiro atoms. The van der Waals surface area contributed by atoms with Crippen molar-refractivity contribution in [1.82, 2.24) is 0 Å². The second-order valence-electron chi connectivity index (χ2n) is 5.87. The van der Waals surface area contributed by atoms with Crippen molar-refractivity contribution >= 4 is 23.5 Å². The smallest absolute Gasteiger partial charge is 0.255 e. The number of methoxy groups -OCH3 is 1. The highest BCUT2D eigenvalue weighted by Crippen LogP contribution is 2.15. The van der Waals surface area contributed by atoms with Crippen LogP contribution in [0.5, 0.6) is 5.75 Å². The van der Waals surface area contributed by atoms with E-state index in [1.807, 2.05) is 42.5 Å². The van der Waals surface area contributed by atoms with E-state index in [9.17, 15) is 9.59 Å². The van der Waals surface area contributed by atoms with Gasteiger partial charge in [-0.1, -0.05) is 36.4 Å². The molecule has 0 aliphatic rings. The number of carbonyl (C=O) groups excluding carboxylic acids is 2. The third-order valence-electron chi connectivity index (χ3n) is 4.01. The standard InChI is InChI=1S/C23H19NO3/c1-27-21-14-7-17(8-15-21)9-16-22(25)18-10-12-20(13-11-18)24-23(26)19-5-3-2-4-6-19/h2-16H,1H3,(H,24,26). The second-order valence-corrected chi connectivity index (χ2v) is 5.87. The third-order valence-corrected chi connectivity index (χ3v) is 4.01. The summed E-state index contributed by atoms with van der Waals surface area (Å²) in [7, 11) is 1.61. The maximum absolute atomic E-state index is 12.3. The molecule has 0 radical (unpaired) electrons. The molecule has 4 nitrogen and oxygen atoms in total. The van der Waals surface area contributed by atoms with Crippen molar-refractivity contribution in [2.45, 2.75) is 0 Å². The fourth-order valence-electron chi connectivity index (χ4n) is 2.49. The molecule has 3 aromatic rings. The van der Waals surface area contributed by atoms with Gasteiger partial charge < -0.3 is 10.1 Å².